The van der Waals surface area contributed by atoms with Crippen LogP contribution < -0.4 is 5.32 Å². The number of anilines is 1. The normalized spacial score (nSPS) is 14.2. The van der Waals surface area contributed by atoms with Crippen molar-refractivity contribution in [1.82, 2.24) is 0 Å². The average molecular weight is 196 g/mol. The zero-order chi connectivity index (χ0) is 10.5. The van der Waals surface area contributed by atoms with E-state index in [0.717, 1.165) is 18.5 Å². The molecule has 15 heavy (non-hydrogen) atoms. The molecule has 0 saturated heterocycles. The fourth-order valence-corrected chi connectivity index (χ4v) is 1.52. The lowest BCUT2D eigenvalue weighted by Gasteiger charge is -2.11. The van der Waals surface area contributed by atoms with Crippen molar-refractivity contribution in [1.29, 1.82) is 5.26 Å². The molecule has 0 bridgehead atoms. The van der Waals surface area contributed by atoms with Crippen LogP contribution in [-0.2, 0) is 0 Å². The largest absolute Gasteiger partial charge is 0.359 e. The topological polar surface area (TPSA) is 35.8 Å². The second-order valence-corrected chi connectivity index (χ2v) is 3.47. The van der Waals surface area contributed by atoms with Crippen molar-refractivity contribution in [3.63, 3.8) is 0 Å². The lowest BCUT2D eigenvalue weighted by Crippen LogP contribution is -2.00. The maximum atomic E-state index is 8.66. The maximum absolute atomic E-state index is 8.66. The SMILES string of the molecule is N#Cc1ccc(NC2=CC=CCC2)cc1. The third kappa shape index (κ3) is 2.47. The van der Waals surface area contributed by atoms with Crippen LogP contribution in [0.2, 0.25) is 0 Å². The molecule has 1 N–H and O–H groups in total. The third-order valence-corrected chi connectivity index (χ3v) is 2.33. The van der Waals surface area contributed by atoms with E-state index in [1.807, 2.05) is 24.3 Å². The number of nitrogens with one attached hydrogen (secondary N) is 1. The Kier molecular flexibility index (Phi) is 2.85. The first-order valence-corrected chi connectivity index (χ1v) is 5.01. The zero-order valence-corrected chi connectivity index (χ0v) is 8.40. The summed E-state index contributed by atoms with van der Waals surface area (Å²) in [4.78, 5) is 0. The molecular formula is C13H12N2. The van der Waals surface area contributed by atoms with Crippen molar-refractivity contribution in [3.8, 4) is 6.07 Å². The Balaban J connectivity index is 2.08. The van der Waals surface area contributed by atoms with Crippen LogP contribution in [0.3, 0.4) is 0 Å². The van der Waals surface area contributed by atoms with E-state index in [1.165, 1.54) is 5.70 Å². The fraction of sp³-hybridized carbons (Fsp3) is 0.154. The predicted octanol–water partition coefficient (Wildman–Crippen LogP) is 3.20. The Morgan fingerprint density at radius 2 is 2.00 bits per heavy atom. The molecule has 1 aliphatic carbocycles. The lowest BCUT2D eigenvalue weighted by atomic mass is 10.1. The number of nitrogens with zero attached hydrogens (tertiary/aromatic N) is 1. The molecule has 1 aliphatic rings. The highest BCUT2D eigenvalue weighted by atomic mass is 14.9. The van der Waals surface area contributed by atoms with Crippen LogP contribution in [0, 0.1) is 11.3 Å². The lowest BCUT2D eigenvalue weighted by molar-refractivity contribution is 0.967. The van der Waals surface area contributed by atoms with Gasteiger partial charge in [-0.2, -0.15) is 5.26 Å². The van der Waals surface area contributed by atoms with E-state index >= 15 is 0 Å². The first kappa shape index (κ1) is 9.54. The van der Waals surface area contributed by atoms with Gasteiger partial charge in [0.25, 0.3) is 0 Å². The summed E-state index contributed by atoms with van der Waals surface area (Å²) in [6, 6.07) is 9.60. The maximum Gasteiger partial charge on any atom is 0.0991 e. The van der Waals surface area contributed by atoms with Crippen LogP contribution in [0.4, 0.5) is 5.69 Å². The van der Waals surface area contributed by atoms with Crippen molar-refractivity contribution in [2.45, 2.75) is 12.8 Å². The van der Waals surface area contributed by atoms with Crippen molar-refractivity contribution < 1.29 is 0 Å². The number of hydrogen-bond donors (Lipinski definition) is 1. The van der Waals surface area contributed by atoms with Gasteiger partial charge in [0.2, 0.25) is 0 Å². The van der Waals surface area contributed by atoms with Gasteiger partial charge in [-0.25, -0.2) is 0 Å². The van der Waals surface area contributed by atoms with E-state index in [4.69, 9.17) is 5.26 Å². The van der Waals surface area contributed by atoms with Gasteiger partial charge in [-0.3, -0.25) is 0 Å². The highest BCUT2D eigenvalue weighted by Gasteiger charge is 1.99. The van der Waals surface area contributed by atoms with Gasteiger partial charge in [0.05, 0.1) is 11.6 Å². The Labute approximate surface area is 89.5 Å². The van der Waals surface area contributed by atoms with Gasteiger partial charge in [0.15, 0.2) is 0 Å². The Hall–Kier alpha value is -2.01. The van der Waals surface area contributed by atoms with Crippen molar-refractivity contribution in [2.75, 3.05) is 5.32 Å². The molecule has 0 amide bonds. The molecule has 0 radical (unpaired) electrons. The van der Waals surface area contributed by atoms with Crippen LogP contribution in [0.5, 0.6) is 0 Å². The minimum Gasteiger partial charge on any atom is -0.359 e. The van der Waals surface area contributed by atoms with Crippen molar-refractivity contribution >= 4 is 5.69 Å². The number of allylic oxidation sites excluding steroid dienone is 4. The van der Waals surface area contributed by atoms with Crippen LogP contribution in [0.15, 0.2) is 48.2 Å². The highest BCUT2D eigenvalue weighted by Crippen LogP contribution is 2.16. The molecule has 2 nitrogen and oxygen atoms in total. The number of rotatable bonds is 2. The number of benzene rings is 1. The van der Waals surface area contributed by atoms with Gasteiger partial charge >= 0.3 is 0 Å². The Morgan fingerprint density at radius 3 is 2.60 bits per heavy atom. The summed E-state index contributed by atoms with van der Waals surface area (Å²) in [5.41, 5.74) is 2.95. The van der Waals surface area contributed by atoms with Gasteiger partial charge in [-0.15, -0.1) is 0 Å². The summed E-state index contributed by atoms with van der Waals surface area (Å²) in [6.07, 6.45) is 8.45. The van der Waals surface area contributed by atoms with E-state index in [9.17, 15) is 0 Å². The van der Waals surface area contributed by atoms with Gasteiger partial charge in [-0.05, 0) is 43.2 Å². The van der Waals surface area contributed by atoms with Gasteiger partial charge < -0.3 is 5.32 Å². The van der Waals surface area contributed by atoms with Crippen LogP contribution in [0.25, 0.3) is 0 Å². The smallest absolute Gasteiger partial charge is 0.0991 e. The minimum absolute atomic E-state index is 0.693. The monoisotopic (exact) mass is 196 g/mol. The summed E-state index contributed by atoms with van der Waals surface area (Å²) in [5, 5.41) is 12.0. The summed E-state index contributed by atoms with van der Waals surface area (Å²) >= 11 is 0. The van der Waals surface area contributed by atoms with E-state index in [2.05, 4.69) is 29.6 Å². The van der Waals surface area contributed by atoms with Gasteiger partial charge in [0, 0.05) is 11.4 Å². The highest BCUT2D eigenvalue weighted by molar-refractivity contribution is 5.51. The summed E-state index contributed by atoms with van der Waals surface area (Å²) < 4.78 is 0. The standard InChI is InChI=1S/C13H12N2/c14-10-11-6-8-13(9-7-11)15-12-4-2-1-3-5-12/h1-2,4,6-9,15H,3,5H2. The van der Waals surface area contributed by atoms with E-state index in [1.54, 1.807) is 0 Å². The molecule has 0 atom stereocenters. The zero-order valence-electron chi connectivity index (χ0n) is 8.40. The molecule has 0 aliphatic heterocycles. The molecule has 1 aromatic carbocycles. The molecule has 2 heteroatoms. The molecule has 0 spiro atoms. The minimum atomic E-state index is 0.693. The summed E-state index contributed by atoms with van der Waals surface area (Å²) in [6.45, 7) is 0. The number of nitriles is 1. The third-order valence-electron chi connectivity index (χ3n) is 2.33. The molecule has 0 unspecified atom stereocenters. The molecule has 74 valence electrons. The molecule has 2 rings (SSSR count). The second-order valence-electron chi connectivity index (χ2n) is 3.47. The molecule has 0 saturated carbocycles. The van der Waals surface area contributed by atoms with Crippen molar-refractivity contribution in [3.05, 3.63) is 53.8 Å². The van der Waals surface area contributed by atoms with Crippen LogP contribution in [0.1, 0.15) is 18.4 Å². The molecule has 1 aromatic rings. The fourth-order valence-electron chi connectivity index (χ4n) is 1.52. The first-order valence-electron chi connectivity index (χ1n) is 5.01. The van der Waals surface area contributed by atoms with E-state index in [0.29, 0.717) is 5.56 Å². The predicted molar refractivity (Wildman–Crippen MR) is 61.2 cm³/mol. The van der Waals surface area contributed by atoms with Crippen LogP contribution >= 0.6 is 0 Å². The Morgan fingerprint density at radius 1 is 1.20 bits per heavy atom. The van der Waals surface area contributed by atoms with E-state index < -0.39 is 0 Å². The second kappa shape index (κ2) is 4.47. The summed E-state index contributed by atoms with van der Waals surface area (Å²) in [5.74, 6) is 0. The quantitative estimate of drug-likeness (QED) is 0.788. The molecule has 0 fully saturated rings. The van der Waals surface area contributed by atoms with Gasteiger partial charge in [-0.1, -0.05) is 12.2 Å². The average Bonchev–Trinajstić information content (AvgIpc) is 2.31. The van der Waals surface area contributed by atoms with Gasteiger partial charge in [0.1, 0.15) is 0 Å². The van der Waals surface area contributed by atoms with E-state index in [-0.39, 0.29) is 0 Å². The molecule has 0 aromatic heterocycles. The summed E-state index contributed by atoms with van der Waals surface area (Å²) in [7, 11) is 0. The Bertz CT molecular complexity index is 433. The van der Waals surface area contributed by atoms with Crippen LogP contribution in [-0.4, -0.2) is 0 Å². The first-order chi connectivity index (χ1) is 7.38. The molecule has 0 heterocycles. The molecular weight excluding hydrogens is 184 g/mol. The number of hydrogen-bond acceptors (Lipinski definition) is 2. The van der Waals surface area contributed by atoms with Crippen molar-refractivity contribution in [2.24, 2.45) is 0 Å².